The molecule has 6 aromatic rings. The van der Waals surface area contributed by atoms with Gasteiger partial charge in [0, 0.05) is 5.56 Å². The molecular formula is C28H16. The molecule has 0 bridgehead atoms. The number of benzene rings is 6. The molecule has 0 unspecified atom stereocenters. The van der Waals surface area contributed by atoms with Gasteiger partial charge in [0.05, 0.1) is 0 Å². The van der Waals surface area contributed by atoms with Crippen LogP contribution in [0.1, 0.15) is 5.56 Å². The number of rotatable bonds is 0. The molecule has 0 saturated carbocycles. The van der Waals surface area contributed by atoms with Gasteiger partial charge in [-0.25, -0.2) is 0 Å². The normalized spacial score (nSPS) is 11.5. The number of terminal acetylenes is 1. The minimum Gasteiger partial charge on any atom is -0.115 e. The van der Waals surface area contributed by atoms with Gasteiger partial charge in [-0.1, -0.05) is 36.3 Å². The largest absolute Gasteiger partial charge is 0.115 e. The average Bonchev–Trinajstić information content (AvgIpc) is 2.73. The molecule has 0 aromatic heterocycles. The highest BCUT2D eigenvalue weighted by Gasteiger charge is 2.05. The number of fused-ring (bicyclic) bond motifs is 5. The van der Waals surface area contributed by atoms with Crippen LogP contribution in [0.5, 0.6) is 0 Å². The molecule has 28 heavy (non-hydrogen) atoms. The van der Waals surface area contributed by atoms with Crippen molar-refractivity contribution in [2.45, 2.75) is 0 Å². The van der Waals surface area contributed by atoms with Gasteiger partial charge < -0.3 is 0 Å². The zero-order valence-electron chi connectivity index (χ0n) is 15.2. The predicted octanol–water partition coefficient (Wildman–Crippen LogP) is 7.43. The summed E-state index contributed by atoms with van der Waals surface area (Å²) in [5, 5.41) is 12.6. The second-order valence-corrected chi connectivity index (χ2v) is 7.50. The fourth-order valence-corrected chi connectivity index (χ4v) is 4.29. The Balaban J connectivity index is 1.68. The fraction of sp³-hybridized carbons (Fsp3) is 0. The summed E-state index contributed by atoms with van der Waals surface area (Å²) in [6.45, 7) is 0. The highest BCUT2D eigenvalue weighted by Crippen LogP contribution is 2.32. The Morgan fingerprint density at radius 3 is 1.18 bits per heavy atom. The van der Waals surface area contributed by atoms with Gasteiger partial charge in [0.25, 0.3) is 0 Å². The van der Waals surface area contributed by atoms with Gasteiger partial charge >= 0.3 is 0 Å². The molecule has 0 atom stereocenters. The Morgan fingerprint density at radius 1 is 0.393 bits per heavy atom. The molecule has 6 rings (SSSR count). The number of hydrogen-bond donors (Lipinski definition) is 0. The molecule has 0 fully saturated rings. The van der Waals surface area contributed by atoms with Crippen LogP contribution < -0.4 is 0 Å². The molecule has 0 aliphatic heterocycles. The van der Waals surface area contributed by atoms with Crippen LogP contribution >= 0.6 is 0 Å². The lowest BCUT2D eigenvalue weighted by molar-refractivity contribution is 1.72. The third-order valence-corrected chi connectivity index (χ3v) is 5.74. The third kappa shape index (κ3) is 2.27. The molecule has 6 aromatic carbocycles. The van der Waals surface area contributed by atoms with E-state index in [-0.39, 0.29) is 0 Å². The second-order valence-electron chi connectivity index (χ2n) is 7.50. The van der Waals surface area contributed by atoms with Crippen LogP contribution in [-0.2, 0) is 0 Å². The van der Waals surface area contributed by atoms with E-state index in [9.17, 15) is 0 Å². The van der Waals surface area contributed by atoms with Crippen LogP contribution in [0.2, 0.25) is 0 Å². The molecule has 0 aliphatic carbocycles. The Morgan fingerprint density at radius 2 is 0.750 bits per heavy atom. The Bertz CT molecular complexity index is 1610. The molecular weight excluding hydrogens is 336 g/mol. The summed E-state index contributed by atoms with van der Waals surface area (Å²) < 4.78 is 0. The monoisotopic (exact) mass is 352 g/mol. The van der Waals surface area contributed by atoms with Crippen molar-refractivity contribution in [2.75, 3.05) is 0 Å². The molecule has 0 spiro atoms. The van der Waals surface area contributed by atoms with Crippen LogP contribution in [-0.4, -0.2) is 0 Å². The first-order valence-corrected chi connectivity index (χ1v) is 9.47. The average molecular weight is 352 g/mol. The first kappa shape index (κ1) is 15.3. The Labute approximate surface area is 163 Å². The van der Waals surface area contributed by atoms with E-state index in [1.54, 1.807) is 0 Å². The summed E-state index contributed by atoms with van der Waals surface area (Å²) in [5.41, 5.74) is 0.922. The maximum absolute atomic E-state index is 5.57. The lowest BCUT2D eigenvalue weighted by atomic mass is 9.96. The van der Waals surface area contributed by atoms with E-state index in [0.29, 0.717) is 0 Å². The van der Waals surface area contributed by atoms with Crippen molar-refractivity contribution in [3.63, 3.8) is 0 Å². The quantitative estimate of drug-likeness (QED) is 0.197. The summed E-state index contributed by atoms with van der Waals surface area (Å²) in [5.74, 6) is 2.73. The van der Waals surface area contributed by atoms with Gasteiger partial charge in [-0.15, -0.1) is 6.42 Å². The van der Waals surface area contributed by atoms with Crippen molar-refractivity contribution in [3.05, 3.63) is 96.6 Å². The SMILES string of the molecule is C#Cc1ccc2cc3cc4cc5cc6ccccc6cc5cc4cc3cc2c1. The van der Waals surface area contributed by atoms with Gasteiger partial charge in [-0.2, -0.15) is 0 Å². The minimum absolute atomic E-state index is 0.922. The van der Waals surface area contributed by atoms with Crippen LogP contribution in [0.3, 0.4) is 0 Å². The van der Waals surface area contributed by atoms with Crippen molar-refractivity contribution < 1.29 is 0 Å². The highest BCUT2D eigenvalue weighted by molar-refractivity contribution is 6.10. The van der Waals surface area contributed by atoms with Gasteiger partial charge in [0.1, 0.15) is 0 Å². The van der Waals surface area contributed by atoms with Gasteiger partial charge in [0.15, 0.2) is 0 Å². The summed E-state index contributed by atoms with van der Waals surface area (Å²) in [6.07, 6.45) is 5.57. The fourth-order valence-electron chi connectivity index (χ4n) is 4.29. The van der Waals surface area contributed by atoms with E-state index >= 15 is 0 Å². The maximum atomic E-state index is 5.57. The molecule has 0 amide bonds. The molecule has 0 aliphatic rings. The first-order valence-electron chi connectivity index (χ1n) is 9.47. The summed E-state index contributed by atoms with van der Waals surface area (Å²) in [7, 11) is 0. The Kier molecular flexibility index (Phi) is 3.04. The highest BCUT2D eigenvalue weighted by atomic mass is 14.1. The summed E-state index contributed by atoms with van der Waals surface area (Å²) in [6, 6.07) is 33.0. The zero-order chi connectivity index (χ0) is 18.7. The van der Waals surface area contributed by atoms with Crippen LogP contribution in [0, 0.1) is 12.3 Å². The molecule has 0 heterocycles. The molecule has 0 heteroatoms. The van der Waals surface area contributed by atoms with Crippen molar-refractivity contribution >= 4 is 53.9 Å². The van der Waals surface area contributed by atoms with Crippen molar-refractivity contribution in [1.29, 1.82) is 0 Å². The van der Waals surface area contributed by atoms with E-state index in [4.69, 9.17) is 6.42 Å². The van der Waals surface area contributed by atoms with E-state index in [0.717, 1.165) is 5.56 Å². The van der Waals surface area contributed by atoms with Gasteiger partial charge in [-0.3, -0.25) is 0 Å². The van der Waals surface area contributed by atoms with E-state index in [2.05, 4.69) is 90.8 Å². The van der Waals surface area contributed by atoms with Crippen molar-refractivity contribution in [3.8, 4) is 12.3 Å². The lowest BCUT2D eigenvalue weighted by Gasteiger charge is -2.08. The topological polar surface area (TPSA) is 0 Å². The Hall–Kier alpha value is -3.82. The molecule has 0 saturated heterocycles. The molecule has 128 valence electrons. The van der Waals surface area contributed by atoms with Crippen molar-refractivity contribution in [2.24, 2.45) is 0 Å². The second kappa shape index (κ2) is 5.59. The lowest BCUT2D eigenvalue weighted by Crippen LogP contribution is -1.82. The molecule has 0 radical (unpaired) electrons. The maximum Gasteiger partial charge on any atom is 0.0248 e. The smallest absolute Gasteiger partial charge is 0.0248 e. The first-order chi connectivity index (χ1) is 13.8. The van der Waals surface area contributed by atoms with Crippen LogP contribution in [0.4, 0.5) is 0 Å². The van der Waals surface area contributed by atoms with Crippen LogP contribution in [0.25, 0.3) is 53.9 Å². The molecule has 0 nitrogen and oxygen atoms in total. The van der Waals surface area contributed by atoms with Gasteiger partial charge in [0.2, 0.25) is 0 Å². The molecule has 0 N–H and O–H groups in total. The predicted molar refractivity (Wildman–Crippen MR) is 122 cm³/mol. The minimum atomic E-state index is 0.922. The van der Waals surface area contributed by atoms with E-state index in [1.807, 2.05) is 6.07 Å². The van der Waals surface area contributed by atoms with Crippen LogP contribution in [0.15, 0.2) is 91.0 Å². The van der Waals surface area contributed by atoms with Crippen molar-refractivity contribution in [1.82, 2.24) is 0 Å². The number of hydrogen-bond acceptors (Lipinski definition) is 0. The summed E-state index contributed by atoms with van der Waals surface area (Å²) >= 11 is 0. The van der Waals surface area contributed by atoms with E-state index < -0.39 is 0 Å². The zero-order valence-corrected chi connectivity index (χ0v) is 15.2. The van der Waals surface area contributed by atoms with E-state index in [1.165, 1.54) is 53.9 Å². The third-order valence-electron chi connectivity index (χ3n) is 5.74. The standard InChI is InChI=1S/C28H16/c1-2-18-7-8-21-12-25-16-27-14-23-10-19-5-3-4-6-20(19)11-24(23)15-28(27)17-26(25)13-22(21)9-18/h1,3-17H. The van der Waals surface area contributed by atoms with Gasteiger partial charge in [-0.05, 0) is 115 Å². The summed E-state index contributed by atoms with van der Waals surface area (Å²) in [4.78, 5) is 0.